The van der Waals surface area contributed by atoms with E-state index >= 15 is 0 Å². The van der Waals surface area contributed by atoms with Gasteiger partial charge in [0.2, 0.25) is 5.92 Å². The van der Waals surface area contributed by atoms with Gasteiger partial charge < -0.3 is 0 Å². The largest absolute Gasteiger partial charge is 0.425 e. The van der Waals surface area contributed by atoms with E-state index in [2.05, 4.69) is 0 Å². The average Bonchev–Trinajstić information content (AvgIpc) is 1.93. The maximum absolute atomic E-state index is 12.4. The molecule has 0 fully saturated rings. The molecule has 0 rings (SSSR count). The van der Waals surface area contributed by atoms with Crippen LogP contribution in [-0.4, -0.2) is 30.6 Å². The van der Waals surface area contributed by atoms with E-state index in [1.165, 1.54) is 0 Å². The lowest BCUT2D eigenvalue weighted by atomic mass is 9.95. The molecule has 0 aromatic heterocycles. The van der Waals surface area contributed by atoms with Gasteiger partial charge in [0, 0.05) is 0 Å². The topological polar surface area (TPSA) is 0 Å². The Labute approximate surface area is 90.6 Å². The van der Waals surface area contributed by atoms with Gasteiger partial charge >= 0.3 is 24.5 Å². The Kier molecular flexibility index (Phi) is 4.16. The zero-order valence-corrected chi connectivity index (χ0v) is 7.69. The van der Waals surface area contributed by atoms with E-state index in [9.17, 15) is 52.7 Å². The molecule has 1 atom stereocenters. The number of rotatable bonds is 2. The predicted molar refractivity (Wildman–Crippen MR) is 31.5 cm³/mol. The molecule has 12 heteroatoms. The van der Waals surface area contributed by atoms with Crippen LogP contribution in [0.1, 0.15) is 0 Å². The van der Waals surface area contributed by atoms with Crippen LogP contribution < -0.4 is 0 Å². The van der Waals surface area contributed by atoms with E-state index in [0.29, 0.717) is 0 Å². The lowest BCUT2D eigenvalue weighted by Gasteiger charge is -2.32. The van der Waals surface area contributed by atoms with Crippen LogP contribution >= 0.6 is 0 Å². The lowest BCUT2D eigenvalue weighted by molar-refractivity contribution is -0.366. The molecule has 0 spiro atoms. The van der Waals surface area contributed by atoms with Gasteiger partial charge in [0.05, 0.1) is 0 Å². The van der Waals surface area contributed by atoms with Crippen LogP contribution in [0.5, 0.6) is 0 Å². The van der Waals surface area contributed by atoms with Crippen LogP contribution in [-0.2, 0) is 0 Å². The molecule has 0 aliphatic carbocycles. The summed E-state index contributed by atoms with van der Waals surface area (Å²) in [5.74, 6) is -12.5. The van der Waals surface area contributed by atoms with Crippen LogP contribution in [0, 0.1) is 5.92 Å². The number of hydrogen-bond donors (Lipinski definition) is 0. The maximum atomic E-state index is 12.4. The molecule has 0 radical (unpaired) electrons. The summed E-state index contributed by atoms with van der Waals surface area (Å²) >= 11 is 0. The van der Waals surface area contributed by atoms with Crippen LogP contribution in [0.4, 0.5) is 52.7 Å². The van der Waals surface area contributed by atoms with Crippen molar-refractivity contribution in [3.63, 3.8) is 0 Å². The van der Waals surface area contributed by atoms with Gasteiger partial charge in [-0.3, -0.25) is 0 Å². The van der Waals surface area contributed by atoms with Crippen LogP contribution in [0.2, 0.25) is 0 Å². The summed E-state index contributed by atoms with van der Waals surface area (Å²) in [5, 5.41) is 0. The zero-order chi connectivity index (χ0) is 15.2. The molecular formula is C6H2F12. The van der Waals surface area contributed by atoms with Crippen molar-refractivity contribution in [2.75, 3.05) is 0 Å². The predicted octanol–water partition coefficient (Wildman–Crippen LogP) is 4.26. The maximum Gasteiger partial charge on any atom is 0.425 e. The molecule has 0 amide bonds. The highest BCUT2D eigenvalue weighted by molar-refractivity contribution is 4.95. The van der Waals surface area contributed by atoms with E-state index in [1.807, 2.05) is 0 Å². The molecule has 1 unspecified atom stereocenters. The SMILES string of the molecule is FC(C(F)(F)F)C(F)(F)C(C(F)(F)F)C(F)(F)F. The third-order valence-corrected chi connectivity index (χ3v) is 1.66. The van der Waals surface area contributed by atoms with Crippen molar-refractivity contribution < 1.29 is 52.7 Å². The summed E-state index contributed by atoms with van der Waals surface area (Å²) in [4.78, 5) is 0. The molecule has 0 heterocycles. The molecule has 0 nitrogen and oxygen atoms in total. The Morgan fingerprint density at radius 3 is 0.944 bits per heavy atom. The molecule has 0 aliphatic heterocycles. The van der Waals surface area contributed by atoms with Gasteiger partial charge in [-0.15, -0.1) is 0 Å². The van der Waals surface area contributed by atoms with Gasteiger partial charge in [-0.1, -0.05) is 0 Å². The Bertz CT molecular complexity index is 264. The first-order valence-corrected chi connectivity index (χ1v) is 3.74. The second-order valence-corrected chi connectivity index (χ2v) is 3.09. The first-order chi connectivity index (χ1) is 7.52. The lowest BCUT2D eigenvalue weighted by Crippen LogP contribution is -2.56. The molecule has 18 heavy (non-hydrogen) atoms. The molecule has 0 saturated heterocycles. The number of hydrogen-bond acceptors (Lipinski definition) is 0. The fraction of sp³-hybridized carbons (Fsp3) is 1.00. The van der Waals surface area contributed by atoms with E-state index < -0.39 is 36.5 Å². The zero-order valence-electron chi connectivity index (χ0n) is 7.69. The standard InChI is InChI=1S/C6H2F12/c7-2(6(16,17)18)3(8,9)1(4(10,11)12)5(13,14)15/h1-2H. The van der Waals surface area contributed by atoms with Crippen molar-refractivity contribution in [3.05, 3.63) is 0 Å². The monoisotopic (exact) mass is 302 g/mol. The highest BCUT2D eigenvalue weighted by Gasteiger charge is 2.75. The third kappa shape index (κ3) is 3.57. The molecule has 0 aliphatic rings. The molecule has 0 aromatic rings. The Morgan fingerprint density at radius 2 is 0.778 bits per heavy atom. The Hall–Kier alpha value is -0.840. The van der Waals surface area contributed by atoms with Gasteiger partial charge in [-0.2, -0.15) is 39.5 Å². The highest BCUT2D eigenvalue weighted by Crippen LogP contribution is 2.52. The van der Waals surface area contributed by atoms with Crippen molar-refractivity contribution in [1.29, 1.82) is 0 Å². The first-order valence-electron chi connectivity index (χ1n) is 3.74. The third-order valence-electron chi connectivity index (χ3n) is 1.66. The van der Waals surface area contributed by atoms with Crippen molar-refractivity contribution >= 4 is 0 Å². The number of alkyl halides is 12. The van der Waals surface area contributed by atoms with Crippen LogP contribution in [0.25, 0.3) is 0 Å². The summed E-state index contributed by atoms with van der Waals surface area (Å²) in [6.45, 7) is 0. The molecule has 0 bridgehead atoms. The molecule has 0 aromatic carbocycles. The summed E-state index contributed by atoms with van der Waals surface area (Å²) in [7, 11) is 0. The minimum atomic E-state index is -6.78. The van der Waals surface area contributed by atoms with Gasteiger partial charge in [0.25, 0.3) is 6.17 Å². The van der Waals surface area contributed by atoms with Gasteiger partial charge in [-0.25, -0.2) is 13.2 Å². The fourth-order valence-electron chi connectivity index (χ4n) is 0.987. The summed E-state index contributed by atoms with van der Waals surface area (Å²) in [5.41, 5.74) is 0. The van der Waals surface area contributed by atoms with E-state index in [-0.39, 0.29) is 0 Å². The summed E-state index contributed by atoms with van der Waals surface area (Å²) < 4.78 is 142. The van der Waals surface area contributed by atoms with E-state index in [0.717, 1.165) is 0 Å². The van der Waals surface area contributed by atoms with Gasteiger partial charge in [0.15, 0.2) is 0 Å². The highest BCUT2D eigenvalue weighted by atomic mass is 19.4. The summed E-state index contributed by atoms with van der Waals surface area (Å²) in [6.07, 6.45) is -25.7. The molecule has 0 N–H and O–H groups in total. The van der Waals surface area contributed by atoms with E-state index in [4.69, 9.17) is 0 Å². The van der Waals surface area contributed by atoms with Crippen molar-refractivity contribution in [2.24, 2.45) is 5.92 Å². The van der Waals surface area contributed by atoms with Crippen molar-refractivity contribution in [2.45, 2.75) is 30.6 Å². The molecular weight excluding hydrogens is 300 g/mol. The summed E-state index contributed by atoms with van der Waals surface area (Å²) in [6, 6.07) is 0. The first kappa shape index (κ1) is 17.2. The fourth-order valence-corrected chi connectivity index (χ4v) is 0.987. The average molecular weight is 302 g/mol. The molecule has 110 valence electrons. The van der Waals surface area contributed by atoms with Gasteiger partial charge in [0.1, 0.15) is 0 Å². The Morgan fingerprint density at radius 1 is 0.500 bits per heavy atom. The normalized spacial score (nSPS) is 17.2. The minimum Gasteiger partial charge on any atom is -0.231 e. The second-order valence-electron chi connectivity index (χ2n) is 3.09. The Balaban J connectivity index is 5.64. The molecule has 0 saturated carbocycles. The van der Waals surface area contributed by atoms with Crippen molar-refractivity contribution in [3.8, 4) is 0 Å². The second kappa shape index (κ2) is 4.37. The van der Waals surface area contributed by atoms with Crippen LogP contribution in [0.3, 0.4) is 0 Å². The van der Waals surface area contributed by atoms with Crippen LogP contribution in [0.15, 0.2) is 0 Å². The van der Waals surface area contributed by atoms with Crippen molar-refractivity contribution in [1.82, 2.24) is 0 Å². The van der Waals surface area contributed by atoms with Gasteiger partial charge in [-0.05, 0) is 0 Å². The minimum absolute atomic E-state index is 5.58. The quantitative estimate of drug-likeness (QED) is 0.669. The van der Waals surface area contributed by atoms with E-state index in [1.54, 1.807) is 0 Å². The smallest absolute Gasteiger partial charge is 0.231 e. The number of halogens is 12.